The molecule has 1 atom stereocenters. The summed E-state index contributed by atoms with van der Waals surface area (Å²) in [5.74, 6) is 0. The molecule has 1 aromatic rings. The fourth-order valence-corrected chi connectivity index (χ4v) is 1.01. The zero-order valence-corrected chi connectivity index (χ0v) is 8.66. The average Bonchev–Trinajstić information content (AvgIpc) is 2.53. The zero-order valence-electron chi connectivity index (χ0n) is 7.90. The van der Waals surface area contributed by atoms with Crippen molar-refractivity contribution in [1.82, 2.24) is 15.0 Å². The summed E-state index contributed by atoms with van der Waals surface area (Å²) >= 11 is 5.83. The smallest absolute Gasteiger partial charge is 0.100 e. The van der Waals surface area contributed by atoms with Crippen LogP contribution in [-0.2, 0) is 11.3 Å². The Bertz CT molecular complexity index is 249. The first kappa shape index (κ1) is 10.5. The van der Waals surface area contributed by atoms with Crippen LogP contribution >= 0.6 is 11.6 Å². The van der Waals surface area contributed by atoms with Crippen LogP contribution in [0.2, 0.25) is 0 Å². The minimum Gasteiger partial charge on any atom is -0.380 e. The molecule has 1 aromatic heterocycles. The number of rotatable bonds is 5. The van der Waals surface area contributed by atoms with Gasteiger partial charge in [0.25, 0.3) is 0 Å². The number of alkyl halides is 1. The van der Waals surface area contributed by atoms with Crippen LogP contribution in [0.25, 0.3) is 0 Å². The van der Waals surface area contributed by atoms with Crippen molar-refractivity contribution >= 4 is 11.6 Å². The zero-order chi connectivity index (χ0) is 9.68. The van der Waals surface area contributed by atoms with Gasteiger partial charge < -0.3 is 4.74 Å². The molecule has 0 aromatic carbocycles. The monoisotopic (exact) mass is 203 g/mol. The standard InChI is InChI=1S/C8H14ClN3O/c1-3-13-5-4-12-6-8(7(2)9)10-11-12/h6-7H,3-5H2,1-2H3. The molecule has 0 aliphatic rings. The first-order chi connectivity index (χ1) is 6.24. The maximum absolute atomic E-state index is 5.83. The van der Waals surface area contributed by atoms with Crippen LogP contribution in [0.15, 0.2) is 6.20 Å². The normalized spacial score (nSPS) is 13.2. The second kappa shape index (κ2) is 5.19. The highest BCUT2D eigenvalue weighted by Gasteiger charge is 2.05. The Balaban J connectivity index is 2.40. The Morgan fingerprint density at radius 3 is 3.00 bits per heavy atom. The lowest BCUT2D eigenvalue weighted by atomic mass is 10.4. The van der Waals surface area contributed by atoms with Crippen LogP contribution in [0, 0.1) is 0 Å². The second-order valence-corrected chi connectivity index (χ2v) is 3.37. The highest BCUT2D eigenvalue weighted by Crippen LogP contribution is 2.14. The lowest BCUT2D eigenvalue weighted by molar-refractivity contribution is 0.136. The van der Waals surface area contributed by atoms with E-state index in [1.807, 2.05) is 20.0 Å². The van der Waals surface area contributed by atoms with Crippen LogP contribution in [0.1, 0.15) is 24.9 Å². The van der Waals surface area contributed by atoms with Crippen LogP contribution in [0.5, 0.6) is 0 Å². The quantitative estimate of drug-likeness (QED) is 0.539. The molecule has 0 saturated heterocycles. The number of nitrogens with zero attached hydrogens (tertiary/aromatic N) is 3. The summed E-state index contributed by atoms with van der Waals surface area (Å²) in [6.45, 7) is 5.96. The molecule has 0 N–H and O–H groups in total. The molecule has 0 radical (unpaired) electrons. The molecule has 74 valence electrons. The van der Waals surface area contributed by atoms with Crippen LogP contribution < -0.4 is 0 Å². The van der Waals surface area contributed by atoms with Gasteiger partial charge in [0.15, 0.2) is 0 Å². The highest BCUT2D eigenvalue weighted by molar-refractivity contribution is 6.20. The largest absolute Gasteiger partial charge is 0.380 e. The molecule has 13 heavy (non-hydrogen) atoms. The maximum Gasteiger partial charge on any atom is 0.100 e. The Hall–Kier alpha value is -0.610. The number of aromatic nitrogens is 3. The van der Waals surface area contributed by atoms with E-state index in [4.69, 9.17) is 16.3 Å². The predicted octanol–water partition coefficient (Wildman–Crippen LogP) is 1.61. The third-order valence-corrected chi connectivity index (χ3v) is 1.86. The minimum absolute atomic E-state index is 0.0826. The van der Waals surface area contributed by atoms with E-state index in [1.54, 1.807) is 4.68 Å². The molecule has 0 aliphatic carbocycles. The van der Waals surface area contributed by atoms with Gasteiger partial charge in [-0.25, -0.2) is 4.68 Å². The molecule has 0 spiro atoms. The van der Waals surface area contributed by atoms with Crippen molar-refractivity contribution in [3.8, 4) is 0 Å². The Morgan fingerprint density at radius 1 is 1.69 bits per heavy atom. The van der Waals surface area contributed by atoms with Gasteiger partial charge in [-0.05, 0) is 13.8 Å². The molecule has 0 bridgehead atoms. The van der Waals surface area contributed by atoms with Crippen molar-refractivity contribution < 1.29 is 4.74 Å². The van der Waals surface area contributed by atoms with Crippen LogP contribution in [0.3, 0.4) is 0 Å². The van der Waals surface area contributed by atoms with E-state index >= 15 is 0 Å². The van der Waals surface area contributed by atoms with Crippen molar-refractivity contribution in [2.45, 2.75) is 25.8 Å². The molecule has 1 unspecified atom stereocenters. The molecular formula is C8H14ClN3O. The fraction of sp³-hybridized carbons (Fsp3) is 0.750. The first-order valence-electron chi connectivity index (χ1n) is 4.36. The summed E-state index contributed by atoms with van der Waals surface area (Å²) in [6, 6.07) is 0. The molecule has 0 saturated carbocycles. The average molecular weight is 204 g/mol. The summed E-state index contributed by atoms with van der Waals surface area (Å²) in [6.07, 6.45) is 1.84. The van der Waals surface area contributed by atoms with Gasteiger partial charge in [-0.1, -0.05) is 5.21 Å². The SMILES string of the molecule is CCOCCn1cc(C(C)Cl)nn1. The summed E-state index contributed by atoms with van der Waals surface area (Å²) in [7, 11) is 0. The lowest BCUT2D eigenvalue weighted by Gasteiger charge is -1.99. The van der Waals surface area contributed by atoms with Crippen molar-refractivity contribution in [3.05, 3.63) is 11.9 Å². The molecule has 1 rings (SSSR count). The molecule has 0 amide bonds. The Morgan fingerprint density at radius 2 is 2.46 bits per heavy atom. The fourth-order valence-electron chi connectivity index (χ4n) is 0.907. The van der Waals surface area contributed by atoms with E-state index in [0.29, 0.717) is 6.61 Å². The lowest BCUT2D eigenvalue weighted by Crippen LogP contribution is -2.06. The molecule has 4 nitrogen and oxygen atoms in total. The van der Waals surface area contributed by atoms with Crippen molar-refractivity contribution in [3.63, 3.8) is 0 Å². The van der Waals surface area contributed by atoms with Crippen molar-refractivity contribution in [2.24, 2.45) is 0 Å². The highest BCUT2D eigenvalue weighted by atomic mass is 35.5. The number of hydrogen-bond acceptors (Lipinski definition) is 3. The molecule has 1 heterocycles. The minimum atomic E-state index is -0.0826. The van der Waals surface area contributed by atoms with E-state index in [1.165, 1.54) is 0 Å². The van der Waals surface area contributed by atoms with Crippen molar-refractivity contribution in [1.29, 1.82) is 0 Å². The van der Waals surface area contributed by atoms with Gasteiger partial charge in [-0.15, -0.1) is 16.7 Å². The molecule has 0 fully saturated rings. The van der Waals surface area contributed by atoms with Gasteiger partial charge in [0.1, 0.15) is 5.69 Å². The Kier molecular flexibility index (Phi) is 4.18. The Labute approximate surface area is 82.8 Å². The van der Waals surface area contributed by atoms with Gasteiger partial charge in [-0.2, -0.15) is 0 Å². The number of ether oxygens (including phenoxy) is 1. The van der Waals surface area contributed by atoms with E-state index in [-0.39, 0.29) is 5.38 Å². The summed E-state index contributed by atoms with van der Waals surface area (Å²) in [4.78, 5) is 0. The van der Waals surface area contributed by atoms with Crippen LogP contribution in [-0.4, -0.2) is 28.2 Å². The summed E-state index contributed by atoms with van der Waals surface area (Å²) in [5, 5.41) is 7.75. The molecule has 5 heteroatoms. The third kappa shape index (κ3) is 3.32. The maximum atomic E-state index is 5.83. The van der Waals surface area contributed by atoms with Gasteiger partial charge in [-0.3, -0.25) is 0 Å². The summed E-state index contributed by atoms with van der Waals surface area (Å²) < 4.78 is 6.93. The van der Waals surface area contributed by atoms with Gasteiger partial charge >= 0.3 is 0 Å². The van der Waals surface area contributed by atoms with Gasteiger partial charge in [0, 0.05) is 6.61 Å². The number of halogens is 1. The summed E-state index contributed by atoms with van der Waals surface area (Å²) in [5.41, 5.74) is 0.804. The van der Waals surface area contributed by atoms with Gasteiger partial charge in [0.2, 0.25) is 0 Å². The van der Waals surface area contributed by atoms with E-state index < -0.39 is 0 Å². The predicted molar refractivity (Wildman–Crippen MR) is 50.8 cm³/mol. The van der Waals surface area contributed by atoms with E-state index in [0.717, 1.165) is 18.8 Å². The topological polar surface area (TPSA) is 39.9 Å². The first-order valence-corrected chi connectivity index (χ1v) is 4.79. The second-order valence-electron chi connectivity index (χ2n) is 2.72. The third-order valence-electron chi connectivity index (χ3n) is 1.63. The van der Waals surface area contributed by atoms with E-state index in [9.17, 15) is 0 Å². The number of hydrogen-bond donors (Lipinski definition) is 0. The molecule has 0 aliphatic heterocycles. The van der Waals surface area contributed by atoms with E-state index in [2.05, 4.69) is 10.3 Å². The van der Waals surface area contributed by atoms with Gasteiger partial charge in [0.05, 0.1) is 24.7 Å². The van der Waals surface area contributed by atoms with Crippen LogP contribution in [0.4, 0.5) is 0 Å². The van der Waals surface area contributed by atoms with Crippen molar-refractivity contribution in [2.75, 3.05) is 13.2 Å². The molecular weight excluding hydrogens is 190 g/mol.